The largest absolute Gasteiger partial charge is 0.314 e. The van der Waals surface area contributed by atoms with E-state index >= 15 is 0 Å². The van der Waals surface area contributed by atoms with Gasteiger partial charge >= 0.3 is 0 Å². The van der Waals surface area contributed by atoms with Gasteiger partial charge in [0.15, 0.2) is 4.91 Å². The first-order valence-corrected chi connectivity index (χ1v) is 7.63. The number of benzene rings is 2. The highest BCUT2D eigenvalue weighted by atomic mass is 32.2. The van der Waals surface area contributed by atoms with Crippen molar-refractivity contribution in [1.29, 1.82) is 5.26 Å². The number of hydrogen-bond acceptors (Lipinski definition) is 4. The highest BCUT2D eigenvalue weighted by Crippen LogP contribution is 2.39. The number of anilines is 2. The van der Waals surface area contributed by atoms with Crippen LogP contribution in [0.4, 0.5) is 20.2 Å². The summed E-state index contributed by atoms with van der Waals surface area (Å²) in [6.07, 6.45) is 1.06. The van der Waals surface area contributed by atoms with E-state index in [4.69, 9.17) is 5.26 Å². The average molecular weight is 318 g/mol. The first-order valence-electron chi connectivity index (χ1n) is 6.15. The first kappa shape index (κ1) is 14.2. The second-order valence-electron chi connectivity index (χ2n) is 4.57. The highest BCUT2D eigenvalue weighted by Gasteiger charge is 2.32. The van der Waals surface area contributed by atoms with Crippen molar-refractivity contribution in [2.75, 3.05) is 4.90 Å². The number of halogens is 2. The second-order valence-corrected chi connectivity index (χ2v) is 6.46. The lowest BCUT2D eigenvalue weighted by Gasteiger charge is -2.27. The zero-order valence-corrected chi connectivity index (χ0v) is 11.8. The third-order valence-electron chi connectivity index (χ3n) is 3.20. The van der Waals surface area contributed by atoms with Crippen molar-refractivity contribution < 1.29 is 17.2 Å². The van der Waals surface area contributed by atoms with Crippen molar-refractivity contribution in [2.45, 2.75) is 4.90 Å². The van der Waals surface area contributed by atoms with Gasteiger partial charge in [-0.2, -0.15) is 5.26 Å². The minimum atomic E-state index is -4.00. The van der Waals surface area contributed by atoms with E-state index in [0.717, 1.165) is 30.5 Å². The van der Waals surface area contributed by atoms with Gasteiger partial charge in [0.05, 0.1) is 10.6 Å². The van der Waals surface area contributed by atoms with Gasteiger partial charge in [-0.1, -0.05) is 6.07 Å². The van der Waals surface area contributed by atoms with Crippen molar-refractivity contribution in [3.63, 3.8) is 0 Å². The van der Waals surface area contributed by atoms with Crippen LogP contribution in [0.25, 0.3) is 0 Å². The third-order valence-corrected chi connectivity index (χ3v) is 4.90. The first-order chi connectivity index (χ1) is 10.4. The quantitative estimate of drug-likeness (QED) is 0.757. The molecule has 0 bridgehead atoms. The molecule has 0 N–H and O–H groups in total. The van der Waals surface area contributed by atoms with Crippen molar-refractivity contribution in [3.8, 4) is 6.07 Å². The van der Waals surface area contributed by atoms with Gasteiger partial charge in [0.2, 0.25) is 9.84 Å². The zero-order valence-electron chi connectivity index (χ0n) is 11.0. The van der Waals surface area contributed by atoms with Gasteiger partial charge < -0.3 is 4.90 Å². The fraction of sp³-hybridized carbons (Fsp3) is 0. The Morgan fingerprint density at radius 2 is 1.77 bits per heavy atom. The average Bonchev–Trinajstić information content (AvgIpc) is 2.47. The molecule has 1 aliphatic heterocycles. The number of nitrogens with zero attached hydrogens (tertiary/aromatic N) is 2. The molecular weight excluding hydrogens is 310 g/mol. The summed E-state index contributed by atoms with van der Waals surface area (Å²) in [5, 5.41) is 9.05. The van der Waals surface area contributed by atoms with Crippen LogP contribution in [0, 0.1) is 23.0 Å². The Bertz CT molecular complexity index is 946. The van der Waals surface area contributed by atoms with Crippen LogP contribution in [0.5, 0.6) is 0 Å². The predicted octanol–water partition coefficient (Wildman–Crippen LogP) is 3.26. The predicted molar refractivity (Wildman–Crippen MR) is 75.8 cm³/mol. The summed E-state index contributed by atoms with van der Waals surface area (Å²) in [5.74, 6) is -1.17. The Morgan fingerprint density at radius 1 is 1.05 bits per heavy atom. The molecule has 0 amide bonds. The van der Waals surface area contributed by atoms with Gasteiger partial charge in [-0.15, -0.1) is 0 Å². The highest BCUT2D eigenvalue weighted by molar-refractivity contribution is 7.95. The number of sulfone groups is 1. The summed E-state index contributed by atoms with van der Waals surface area (Å²) in [6, 6.07) is 10.1. The molecular formula is C15H8F2N2O2S. The van der Waals surface area contributed by atoms with Crippen LogP contribution >= 0.6 is 0 Å². The van der Waals surface area contributed by atoms with Crippen LogP contribution < -0.4 is 4.90 Å². The molecule has 22 heavy (non-hydrogen) atoms. The summed E-state index contributed by atoms with van der Waals surface area (Å²) in [4.78, 5) is 0.592. The molecule has 7 heteroatoms. The molecule has 1 heterocycles. The van der Waals surface area contributed by atoms with Crippen LogP contribution in [0.2, 0.25) is 0 Å². The Hall–Kier alpha value is -2.72. The van der Waals surface area contributed by atoms with Gasteiger partial charge in [-0.05, 0) is 36.4 Å². The molecule has 0 spiro atoms. The van der Waals surface area contributed by atoms with Crippen molar-refractivity contribution >= 4 is 21.2 Å². The van der Waals surface area contributed by atoms with E-state index in [2.05, 4.69) is 0 Å². The Balaban J connectivity index is 2.32. The molecule has 2 aromatic rings. The normalized spacial score (nSPS) is 15.7. The van der Waals surface area contributed by atoms with Crippen LogP contribution in [0.3, 0.4) is 0 Å². The van der Waals surface area contributed by atoms with Crippen LogP contribution in [-0.4, -0.2) is 8.42 Å². The Labute approximate surface area is 125 Å². The summed E-state index contributed by atoms with van der Waals surface area (Å²) in [5.41, 5.74) is 0.319. The maximum absolute atomic E-state index is 13.5. The monoisotopic (exact) mass is 318 g/mol. The van der Waals surface area contributed by atoms with E-state index in [1.807, 2.05) is 0 Å². The molecule has 3 rings (SSSR count). The SMILES string of the molecule is N#CC1=CN(c2cccc(F)c2)c2cc(F)ccc2S1(=O)=O. The maximum Gasteiger partial charge on any atom is 0.220 e. The van der Waals surface area contributed by atoms with Crippen molar-refractivity contribution in [2.24, 2.45) is 0 Å². The van der Waals surface area contributed by atoms with E-state index < -0.39 is 26.4 Å². The van der Waals surface area contributed by atoms with E-state index in [1.165, 1.54) is 23.1 Å². The second kappa shape index (κ2) is 4.93. The zero-order chi connectivity index (χ0) is 15.9. The summed E-state index contributed by atoms with van der Waals surface area (Å²) >= 11 is 0. The lowest BCUT2D eigenvalue weighted by molar-refractivity contribution is 0.600. The van der Waals surface area contributed by atoms with Gasteiger partial charge in [0.25, 0.3) is 0 Å². The number of rotatable bonds is 1. The molecule has 2 aromatic carbocycles. The van der Waals surface area contributed by atoms with Gasteiger partial charge in [-0.3, -0.25) is 0 Å². The Morgan fingerprint density at radius 3 is 2.45 bits per heavy atom. The standard InChI is InChI=1S/C15H8F2N2O2S/c16-10-2-1-3-12(6-10)19-9-13(8-18)22(20,21)15-5-4-11(17)7-14(15)19/h1-7,9H. The lowest BCUT2D eigenvalue weighted by atomic mass is 10.2. The van der Waals surface area contributed by atoms with E-state index in [9.17, 15) is 17.2 Å². The Kier molecular flexibility index (Phi) is 3.19. The third kappa shape index (κ3) is 2.14. The molecule has 0 unspecified atom stereocenters. The summed E-state index contributed by atoms with van der Waals surface area (Å²) < 4.78 is 51.5. The lowest BCUT2D eigenvalue weighted by Crippen LogP contribution is -2.21. The molecule has 0 radical (unpaired) electrons. The summed E-state index contributed by atoms with van der Waals surface area (Å²) in [6.45, 7) is 0. The van der Waals surface area contributed by atoms with Gasteiger partial charge in [0.1, 0.15) is 17.7 Å². The molecule has 0 fully saturated rings. The molecule has 110 valence electrons. The topological polar surface area (TPSA) is 61.2 Å². The molecule has 0 atom stereocenters. The molecule has 1 aliphatic rings. The molecule has 4 nitrogen and oxygen atoms in total. The minimum absolute atomic E-state index is 0.0320. The molecule has 0 aliphatic carbocycles. The van der Waals surface area contributed by atoms with E-state index in [-0.39, 0.29) is 16.3 Å². The van der Waals surface area contributed by atoms with E-state index in [0.29, 0.717) is 0 Å². The minimum Gasteiger partial charge on any atom is -0.314 e. The number of nitriles is 1. The molecule has 0 saturated carbocycles. The van der Waals surface area contributed by atoms with Crippen LogP contribution in [0.15, 0.2) is 58.5 Å². The fourth-order valence-electron chi connectivity index (χ4n) is 2.21. The van der Waals surface area contributed by atoms with Crippen molar-refractivity contribution in [1.82, 2.24) is 0 Å². The summed E-state index contributed by atoms with van der Waals surface area (Å²) in [7, 11) is -4.00. The smallest absolute Gasteiger partial charge is 0.220 e. The number of fused-ring (bicyclic) bond motifs is 1. The number of allylic oxidation sites excluding steroid dienone is 1. The van der Waals surface area contributed by atoms with E-state index in [1.54, 1.807) is 6.07 Å². The fourth-order valence-corrected chi connectivity index (χ4v) is 3.49. The van der Waals surface area contributed by atoms with Crippen molar-refractivity contribution in [3.05, 3.63) is 65.2 Å². The van der Waals surface area contributed by atoms with Crippen LogP contribution in [-0.2, 0) is 9.84 Å². The van der Waals surface area contributed by atoms with Gasteiger partial charge in [-0.25, -0.2) is 17.2 Å². The maximum atomic E-state index is 13.5. The number of hydrogen-bond donors (Lipinski definition) is 0. The van der Waals surface area contributed by atoms with Crippen LogP contribution in [0.1, 0.15) is 0 Å². The molecule has 0 aromatic heterocycles. The molecule has 0 saturated heterocycles. The van der Waals surface area contributed by atoms with Gasteiger partial charge in [0, 0.05) is 11.9 Å².